The van der Waals surface area contributed by atoms with E-state index in [1.165, 1.54) is 55.6 Å². The molecule has 0 aliphatic rings. The molecule has 0 aromatic heterocycles. The molecule has 0 heterocycles. The summed E-state index contributed by atoms with van der Waals surface area (Å²) in [6.07, 6.45) is -0.966. The summed E-state index contributed by atoms with van der Waals surface area (Å²) >= 11 is 0. The number of hydrogen-bond donors (Lipinski definition) is 9. The Bertz CT molecular complexity index is 1600. The molecule has 3 aromatic rings. The highest BCUT2D eigenvalue weighted by Crippen LogP contribution is 2.14. The predicted octanol–water partition coefficient (Wildman–Crippen LogP) is -0.756. The van der Waals surface area contributed by atoms with E-state index >= 15 is 0 Å². The summed E-state index contributed by atoms with van der Waals surface area (Å²) in [5, 5.41) is 41.5. The van der Waals surface area contributed by atoms with Crippen molar-refractivity contribution in [3.8, 4) is 11.5 Å². The van der Waals surface area contributed by atoms with Crippen molar-refractivity contribution in [1.82, 2.24) is 26.6 Å². The number of phenols is 2. The highest BCUT2D eigenvalue weighted by Gasteiger charge is 2.32. The van der Waals surface area contributed by atoms with Gasteiger partial charge in [-0.1, -0.05) is 54.6 Å². The van der Waals surface area contributed by atoms with Gasteiger partial charge in [0.2, 0.25) is 29.5 Å². The van der Waals surface area contributed by atoms with Gasteiger partial charge in [-0.3, -0.25) is 28.8 Å². The van der Waals surface area contributed by atoms with Crippen molar-refractivity contribution in [2.75, 3.05) is 13.6 Å². The Kier molecular flexibility index (Phi) is 14.1. The topological polar surface area (TPSA) is 249 Å². The fourth-order valence-corrected chi connectivity index (χ4v) is 4.83. The molecule has 260 valence electrons. The molecule has 0 saturated carbocycles. The molecule has 15 nitrogen and oxygen atoms in total. The molecule has 3 aromatic carbocycles. The number of rotatable bonds is 18. The first-order valence-electron chi connectivity index (χ1n) is 15.3. The number of phenolic OH excluding ortho intramolecular Hbond substituents is 2. The normalized spacial score (nSPS) is 13.2. The number of amides is 5. The number of carboxylic acids is 1. The van der Waals surface area contributed by atoms with Crippen LogP contribution in [0.25, 0.3) is 0 Å². The van der Waals surface area contributed by atoms with Crippen molar-refractivity contribution in [3.63, 3.8) is 0 Å². The number of nitrogens with one attached hydrogen (secondary N) is 5. The van der Waals surface area contributed by atoms with Gasteiger partial charge in [0.25, 0.3) is 0 Å². The van der Waals surface area contributed by atoms with Crippen LogP contribution < -0.4 is 32.3 Å². The lowest BCUT2D eigenvalue weighted by Gasteiger charge is -2.26. The second-order valence-corrected chi connectivity index (χ2v) is 11.3. The van der Waals surface area contributed by atoms with Crippen molar-refractivity contribution < 1.29 is 44.1 Å². The van der Waals surface area contributed by atoms with E-state index in [-0.39, 0.29) is 37.3 Å². The van der Waals surface area contributed by atoms with Crippen molar-refractivity contribution in [3.05, 3.63) is 95.6 Å². The molecule has 0 radical (unpaired) electrons. The van der Waals surface area contributed by atoms with Crippen LogP contribution in [0, 0.1) is 0 Å². The van der Waals surface area contributed by atoms with Gasteiger partial charge in [-0.15, -0.1) is 0 Å². The smallest absolute Gasteiger partial charge is 0.305 e. The first-order chi connectivity index (χ1) is 23.3. The third kappa shape index (κ3) is 12.6. The van der Waals surface area contributed by atoms with Gasteiger partial charge in [0.15, 0.2) is 0 Å². The van der Waals surface area contributed by atoms with Crippen molar-refractivity contribution in [1.29, 1.82) is 0 Å². The minimum Gasteiger partial charge on any atom is -0.508 e. The maximum Gasteiger partial charge on any atom is 0.305 e. The number of primary amides is 1. The molecule has 0 aliphatic heterocycles. The van der Waals surface area contributed by atoms with Crippen molar-refractivity contribution >= 4 is 35.5 Å². The van der Waals surface area contributed by atoms with Crippen molar-refractivity contribution in [2.45, 2.75) is 49.9 Å². The first kappa shape index (κ1) is 37.5. The Morgan fingerprint density at radius 1 is 0.592 bits per heavy atom. The Labute approximate surface area is 282 Å². The number of carbonyl (C=O) groups excluding carboxylic acids is 5. The fourth-order valence-electron chi connectivity index (χ4n) is 4.83. The molecular weight excluding hydrogens is 636 g/mol. The number of hydrogen-bond acceptors (Lipinski definition) is 9. The molecule has 0 bridgehead atoms. The molecule has 10 N–H and O–H groups in total. The van der Waals surface area contributed by atoms with Crippen LogP contribution in [0.4, 0.5) is 0 Å². The number of benzene rings is 3. The zero-order valence-electron chi connectivity index (χ0n) is 26.7. The Balaban J connectivity index is 1.91. The lowest BCUT2D eigenvalue weighted by molar-refractivity contribution is -0.141. The molecule has 49 heavy (non-hydrogen) atoms. The number of aromatic hydroxyl groups is 2. The zero-order valence-corrected chi connectivity index (χ0v) is 26.7. The molecular formula is C34H40N6O9. The number of aliphatic carboxylic acids is 1. The monoisotopic (exact) mass is 676 g/mol. The van der Waals surface area contributed by atoms with Gasteiger partial charge < -0.3 is 47.6 Å². The van der Waals surface area contributed by atoms with Crippen LogP contribution in [-0.2, 0) is 48.0 Å². The summed E-state index contributed by atoms with van der Waals surface area (Å²) in [4.78, 5) is 77.0. The van der Waals surface area contributed by atoms with Gasteiger partial charge in [-0.25, -0.2) is 0 Å². The summed E-state index contributed by atoms with van der Waals surface area (Å²) < 4.78 is 0. The second kappa shape index (κ2) is 18.4. The van der Waals surface area contributed by atoms with E-state index in [1.807, 2.05) is 0 Å². The molecule has 0 spiro atoms. The van der Waals surface area contributed by atoms with Crippen LogP contribution in [-0.4, -0.2) is 88.6 Å². The van der Waals surface area contributed by atoms with E-state index < -0.39 is 66.1 Å². The van der Waals surface area contributed by atoms with Gasteiger partial charge in [0.1, 0.15) is 35.7 Å². The molecule has 3 rings (SSSR count). The largest absolute Gasteiger partial charge is 0.508 e. The zero-order chi connectivity index (χ0) is 35.9. The van der Waals surface area contributed by atoms with Crippen LogP contribution in [0.3, 0.4) is 0 Å². The first-order valence-corrected chi connectivity index (χ1v) is 15.3. The summed E-state index contributed by atoms with van der Waals surface area (Å²) in [5.41, 5.74) is 7.35. The summed E-state index contributed by atoms with van der Waals surface area (Å²) in [6, 6.07) is 15.0. The maximum atomic E-state index is 13.9. The number of carboxylic acid groups (broad SMARTS) is 1. The average molecular weight is 677 g/mol. The third-order valence-corrected chi connectivity index (χ3v) is 7.33. The van der Waals surface area contributed by atoms with E-state index in [4.69, 9.17) is 5.73 Å². The van der Waals surface area contributed by atoms with E-state index in [0.29, 0.717) is 11.1 Å². The van der Waals surface area contributed by atoms with Crippen LogP contribution >= 0.6 is 0 Å². The van der Waals surface area contributed by atoms with Gasteiger partial charge >= 0.3 is 5.97 Å². The number of carbonyl (C=O) groups is 6. The molecule has 0 fully saturated rings. The van der Waals surface area contributed by atoms with E-state index in [1.54, 1.807) is 30.3 Å². The lowest BCUT2D eigenvalue weighted by Crippen LogP contribution is -2.59. The molecule has 4 atom stereocenters. The van der Waals surface area contributed by atoms with Crippen LogP contribution in [0.2, 0.25) is 0 Å². The lowest BCUT2D eigenvalue weighted by atomic mass is 10.0. The fraction of sp³-hybridized carbons (Fsp3) is 0.294. The minimum atomic E-state index is -1.54. The van der Waals surface area contributed by atoms with Gasteiger partial charge in [0, 0.05) is 19.3 Å². The van der Waals surface area contributed by atoms with Crippen LogP contribution in [0.1, 0.15) is 23.1 Å². The molecule has 4 unspecified atom stereocenters. The quantitative estimate of drug-likeness (QED) is 0.0815. The number of likely N-dealkylation sites (N-methyl/N-ethyl adjacent to an activating group) is 1. The van der Waals surface area contributed by atoms with Crippen LogP contribution in [0.5, 0.6) is 11.5 Å². The Morgan fingerprint density at radius 2 is 1.00 bits per heavy atom. The van der Waals surface area contributed by atoms with Gasteiger partial charge in [-0.05, 0) is 48.0 Å². The second-order valence-electron chi connectivity index (χ2n) is 11.3. The van der Waals surface area contributed by atoms with E-state index in [2.05, 4.69) is 26.6 Å². The van der Waals surface area contributed by atoms with Gasteiger partial charge in [0.05, 0.1) is 13.0 Å². The Morgan fingerprint density at radius 3 is 1.43 bits per heavy atom. The standard InChI is InChI=1S/C34H40N6O9/c1-36-19-29(43)37-28(18-30(44)45)34(49)40-27(17-22-9-13-24(42)14-10-22)33(48)39-26(16-21-7-11-23(41)12-8-21)32(47)38-25(31(35)46)15-20-5-3-2-4-6-20/h2-14,25-28,36,41-42H,15-19H2,1H3,(H2,35,46)(H,37,43)(H,38,47)(H,39,48)(H,40,49)(H,44,45). The minimum absolute atomic E-state index is 0.0279. The van der Waals surface area contributed by atoms with Crippen LogP contribution in [0.15, 0.2) is 78.9 Å². The van der Waals surface area contributed by atoms with Gasteiger partial charge in [-0.2, -0.15) is 0 Å². The van der Waals surface area contributed by atoms with E-state index in [0.717, 1.165) is 5.56 Å². The maximum absolute atomic E-state index is 13.9. The predicted molar refractivity (Wildman–Crippen MR) is 177 cm³/mol. The molecule has 15 heteroatoms. The summed E-state index contributed by atoms with van der Waals surface area (Å²) in [6.45, 7) is -0.203. The van der Waals surface area contributed by atoms with E-state index in [9.17, 15) is 44.1 Å². The molecule has 5 amide bonds. The highest BCUT2D eigenvalue weighted by molar-refractivity contribution is 5.96. The molecule has 0 saturated heterocycles. The molecule has 0 aliphatic carbocycles. The summed E-state index contributed by atoms with van der Waals surface area (Å²) in [7, 11) is 1.49. The number of nitrogens with two attached hydrogens (primary N) is 1. The third-order valence-electron chi connectivity index (χ3n) is 7.33. The average Bonchev–Trinajstić information content (AvgIpc) is 3.05. The Hall–Kier alpha value is -5.96. The summed E-state index contributed by atoms with van der Waals surface area (Å²) in [5.74, 6) is -5.51. The SMILES string of the molecule is CNCC(=O)NC(CC(=O)O)C(=O)NC(Cc1ccc(O)cc1)C(=O)NC(Cc1ccc(O)cc1)C(=O)NC(Cc1ccccc1)C(N)=O. The van der Waals surface area contributed by atoms with Crippen molar-refractivity contribution in [2.24, 2.45) is 5.73 Å². The highest BCUT2D eigenvalue weighted by atomic mass is 16.4.